The van der Waals surface area contributed by atoms with Crippen molar-refractivity contribution < 1.29 is 27.6 Å². The van der Waals surface area contributed by atoms with Crippen LogP contribution < -0.4 is 15.8 Å². The molecule has 3 rings (SSSR count). The lowest BCUT2D eigenvalue weighted by Crippen LogP contribution is -2.12. The number of carbonyl (C=O) groups is 1. The van der Waals surface area contributed by atoms with E-state index in [1.165, 1.54) is 18.2 Å². The first-order chi connectivity index (χ1) is 15.4. The van der Waals surface area contributed by atoms with Crippen LogP contribution in [0.3, 0.4) is 0 Å². The van der Waals surface area contributed by atoms with Gasteiger partial charge in [-0.25, -0.2) is 22.7 Å². The van der Waals surface area contributed by atoms with Crippen molar-refractivity contribution in [3.63, 3.8) is 0 Å². The number of hydrogen-bond donors (Lipinski definition) is 4. The molecule has 33 heavy (non-hydrogen) atoms. The van der Waals surface area contributed by atoms with Crippen LogP contribution in [0, 0.1) is 19.5 Å². The summed E-state index contributed by atoms with van der Waals surface area (Å²) in [6.45, 7) is 0. The normalized spacial score (nSPS) is 11.2. The average Bonchev–Trinajstić information content (AvgIpc) is 2.72. The molecule has 0 aliphatic heterocycles. The monoisotopic (exact) mass is 606 g/mol. The lowest BCUT2D eigenvalue weighted by molar-refractivity contribution is -0.384. The van der Waals surface area contributed by atoms with E-state index < -0.39 is 49.4 Å². The van der Waals surface area contributed by atoms with Crippen LogP contribution in [-0.4, -0.2) is 24.4 Å². The van der Waals surface area contributed by atoms with Gasteiger partial charge >= 0.3 is 5.97 Å². The number of nitro benzene ring substituents is 1. The average molecular weight is 607 g/mol. The zero-order valence-electron chi connectivity index (χ0n) is 16.2. The summed E-state index contributed by atoms with van der Waals surface area (Å²) in [7, 11) is -3.98. The molecule has 0 saturated heterocycles. The lowest BCUT2D eigenvalue weighted by Gasteiger charge is -2.16. The first kappa shape index (κ1) is 24.6. The third kappa shape index (κ3) is 5.50. The molecular formula is C19H13ClFIN4O6S. The molecule has 0 heterocycles. The summed E-state index contributed by atoms with van der Waals surface area (Å²) in [6.07, 6.45) is 0. The number of hydrogen-bond acceptors (Lipinski definition) is 7. The summed E-state index contributed by atoms with van der Waals surface area (Å²) in [5.74, 6) is -2.86. The highest BCUT2D eigenvalue weighted by Crippen LogP contribution is 2.40. The van der Waals surface area contributed by atoms with Gasteiger partial charge in [0.15, 0.2) is 11.5 Å². The summed E-state index contributed by atoms with van der Waals surface area (Å²) in [5.41, 5.74) is -2.47. The Balaban J connectivity index is 2.15. The Morgan fingerprint density at radius 1 is 1.12 bits per heavy atom. The maximum Gasteiger partial charge on any atom is 0.338 e. The largest absolute Gasteiger partial charge is 0.478 e. The molecule has 0 aromatic heterocycles. The Kier molecular flexibility index (Phi) is 7.06. The number of nitrogens with two attached hydrogens (primary N) is 1. The van der Waals surface area contributed by atoms with E-state index >= 15 is 4.39 Å². The minimum absolute atomic E-state index is 0.0886. The summed E-state index contributed by atoms with van der Waals surface area (Å²) in [5, 5.41) is 31.4. The van der Waals surface area contributed by atoms with Crippen LogP contribution in [0.4, 0.5) is 32.8 Å². The van der Waals surface area contributed by atoms with Gasteiger partial charge in [0, 0.05) is 15.3 Å². The molecule has 0 fully saturated rings. The van der Waals surface area contributed by atoms with Crippen molar-refractivity contribution in [1.82, 2.24) is 0 Å². The van der Waals surface area contributed by atoms with Gasteiger partial charge in [-0.1, -0.05) is 11.6 Å². The van der Waals surface area contributed by atoms with E-state index in [0.717, 1.165) is 15.7 Å². The minimum Gasteiger partial charge on any atom is -0.478 e. The van der Waals surface area contributed by atoms with Gasteiger partial charge in [-0.2, -0.15) is 0 Å². The number of sulfonamides is 1. The Morgan fingerprint density at radius 3 is 2.27 bits per heavy atom. The quantitative estimate of drug-likeness (QED) is 0.169. The fourth-order valence-electron chi connectivity index (χ4n) is 2.79. The lowest BCUT2D eigenvalue weighted by atomic mass is 10.1. The molecule has 0 amide bonds. The SMILES string of the molecule is NS(=O)(=O)c1ccc(Nc2c([N+](=O)[O-])cc(C(=O)O)c(Nc3ccc(I)cc3Cl)c2F)cc1. The third-order valence-electron chi connectivity index (χ3n) is 4.32. The topological polar surface area (TPSA) is 165 Å². The third-order valence-corrected chi connectivity index (χ3v) is 6.23. The van der Waals surface area contributed by atoms with E-state index in [-0.39, 0.29) is 21.3 Å². The number of rotatable bonds is 7. The summed E-state index contributed by atoms with van der Waals surface area (Å²) < 4.78 is 39.1. The van der Waals surface area contributed by atoms with Crippen molar-refractivity contribution in [2.24, 2.45) is 5.14 Å². The molecule has 0 unspecified atom stereocenters. The van der Waals surface area contributed by atoms with Crippen LogP contribution in [0.15, 0.2) is 53.4 Å². The number of benzene rings is 3. The molecule has 0 aliphatic carbocycles. The van der Waals surface area contributed by atoms with Crippen molar-refractivity contribution in [3.8, 4) is 0 Å². The van der Waals surface area contributed by atoms with E-state index in [9.17, 15) is 28.4 Å². The first-order valence-corrected chi connectivity index (χ1v) is 11.7. The van der Waals surface area contributed by atoms with Gasteiger partial charge in [-0.15, -0.1) is 0 Å². The molecule has 0 aliphatic rings. The van der Waals surface area contributed by atoms with E-state index in [4.69, 9.17) is 16.7 Å². The van der Waals surface area contributed by atoms with Crippen LogP contribution in [0.5, 0.6) is 0 Å². The van der Waals surface area contributed by atoms with Crippen molar-refractivity contribution >= 4 is 78.6 Å². The molecule has 5 N–H and O–H groups in total. The van der Waals surface area contributed by atoms with Gasteiger partial charge in [0.1, 0.15) is 0 Å². The summed E-state index contributed by atoms with van der Waals surface area (Å²) in [6, 6.07) is 10.1. The number of nitro groups is 1. The molecule has 172 valence electrons. The van der Waals surface area contributed by atoms with Gasteiger partial charge in [0.25, 0.3) is 5.69 Å². The van der Waals surface area contributed by atoms with E-state index in [0.29, 0.717) is 6.07 Å². The molecular weight excluding hydrogens is 594 g/mol. The zero-order valence-corrected chi connectivity index (χ0v) is 19.9. The Morgan fingerprint density at radius 2 is 1.76 bits per heavy atom. The van der Waals surface area contributed by atoms with E-state index in [1.54, 1.807) is 12.1 Å². The van der Waals surface area contributed by atoms with Crippen molar-refractivity contribution in [1.29, 1.82) is 0 Å². The van der Waals surface area contributed by atoms with Crippen molar-refractivity contribution in [3.05, 3.63) is 78.6 Å². The Bertz CT molecular complexity index is 1390. The zero-order chi connectivity index (χ0) is 24.5. The molecule has 0 bridgehead atoms. The summed E-state index contributed by atoms with van der Waals surface area (Å²) >= 11 is 8.15. The highest BCUT2D eigenvalue weighted by molar-refractivity contribution is 14.1. The second-order valence-corrected chi connectivity index (χ2v) is 9.73. The van der Waals surface area contributed by atoms with Crippen molar-refractivity contribution in [2.45, 2.75) is 4.90 Å². The van der Waals surface area contributed by atoms with Gasteiger partial charge < -0.3 is 15.7 Å². The molecule has 10 nitrogen and oxygen atoms in total. The predicted octanol–water partition coefficient (Wildman–Crippen LogP) is 4.82. The highest BCUT2D eigenvalue weighted by Gasteiger charge is 2.28. The molecule has 3 aromatic rings. The number of primary sulfonamides is 1. The number of halogens is 3. The minimum atomic E-state index is -3.98. The highest BCUT2D eigenvalue weighted by atomic mass is 127. The number of nitrogens with zero attached hydrogens (tertiary/aromatic N) is 1. The molecule has 0 spiro atoms. The van der Waals surface area contributed by atoms with Gasteiger partial charge in [0.2, 0.25) is 10.0 Å². The van der Waals surface area contributed by atoms with Crippen LogP contribution in [0.1, 0.15) is 10.4 Å². The fourth-order valence-corrected chi connectivity index (χ4v) is 4.21. The standard InChI is InChI=1S/C19H13ClFIN4O6S/c20-13-7-9(22)1-6-14(13)25-17-12(19(27)28)8-15(26(29)30)18(16(17)21)24-10-2-4-11(5-3-10)33(23,31)32/h1-8,24-25H,(H,27,28)(H2,23,31,32). The van der Waals surface area contributed by atoms with Crippen LogP contribution >= 0.6 is 34.2 Å². The molecule has 14 heteroatoms. The van der Waals surface area contributed by atoms with Crippen LogP contribution in [0.2, 0.25) is 5.02 Å². The van der Waals surface area contributed by atoms with Gasteiger partial charge in [-0.3, -0.25) is 10.1 Å². The van der Waals surface area contributed by atoms with Crippen molar-refractivity contribution in [2.75, 3.05) is 10.6 Å². The summed E-state index contributed by atoms with van der Waals surface area (Å²) in [4.78, 5) is 22.1. The first-order valence-electron chi connectivity index (χ1n) is 8.74. The number of aromatic carboxylic acids is 1. The second-order valence-electron chi connectivity index (χ2n) is 6.51. The molecule has 0 radical (unpaired) electrons. The number of nitrogens with one attached hydrogen (secondary N) is 2. The number of carboxylic acid groups (broad SMARTS) is 1. The number of carboxylic acids is 1. The Labute approximate surface area is 204 Å². The maximum atomic E-state index is 15.5. The maximum absolute atomic E-state index is 15.5. The smallest absolute Gasteiger partial charge is 0.338 e. The Hall–Kier alpha value is -3.01. The number of anilines is 4. The van der Waals surface area contributed by atoms with Crippen LogP contribution in [0.25, 0.3) is 0 Å². The molecule has 0 saturated carbocycles. The predicted molar refractivity (Wildman–Crippen MR) is 129 cm³/mol. The van der Waals surface area contributed by atoms with E-state index in [2.05, 4.69) is 10.6 Å². The van der Waals surface area contributed by atoms with Gasteiger partial charge in [0.05, 0.1) is 31.8 Å². The van der Waals surface area contributed by atoms with Gasteiger partial charge in [-0.05, 0) is 65.1 Å². The molecule has 3 aromatic carbocycles. The fraction of sp³-hybridized carbons (Fsp3) is 0. The van der Waals surface area contributed by atoms with Crippen LogP contribution in [-0.2, 0) is 10.0 Å². The molecule has 0 atom stereocenters. The second kappa shape index (κ2) is 9.46. The van der Waals surface area contributed by atoms with E-state index in [1.807, 2.05) is 22.6 Å².